The number of para-hydroxylation sites is 2. The Morgan fingerprint density at radius 2 is 1.55 bits per heavy atom. The van der Waals surface area contributed by atoms with Gasteiger partial charge in [-0.2, -0.15) is 4.48 Å². The minimum atomic E-state index is -1.17. The lowest BCUT2D eigenvalue weighted by atomic mass is 9.88. The van der Waals surface area contributed by atoms with Crippen LogP contribution >= 0.6 is 0 Å². The van der Waals surface area contributed by atoms with Crippen LogP contribution in [0.25, 0.3) is 22.4 Å². The molecule has 0 aliphatic carbocycles. The molecule has 1 aliphatic rings. The van der Waals surface area contributed by atoms with Crippen LogP contribution in [0.2, 0.25) is 0 Å². The molecular formula is C34H36FN2O5+. The van der Waals surface area contributed by atoms with E-state index in [0.29, 0.717) is 12.1 Å². The van der Waals surface area contributed by atoms with Gasteiger partial charge in [-0.15, -0.1) is 0 Å². The topological polar surface area (TPSA) is 99.8 Å². The SMILES string of the molecule is CC(C)c1c2c(c(-c3ccc(F)cc3)n1CC[C@@H](O)C[C@@H](O)CC(=O)O)-c1ccccc1[N+](C)(c1ccccc1)C2=O. The number of rotatable bonds is 10. The number of aromatic nitrogens is 1. The van der Waals surface area contributed by atoms with Crippen molar-refractivity contribution in [2.45, 2.75) is 57.8 Å². The van der Waals surface area contributed by atoms with Crippen LogP contribution < -0.4 is 4.48 Å². The summed E-state index contributed by atoms with van der Waals surface area (Å²) in [5, 5.41) is 29.9. The normalized spacial score (nSPS) is 17.5. The molecule has 0 fully saturated rings. The summed E-state index contributed by atoms with van der Waals surface area (Å²) in [5.74, 6) is -1.67. The fourth-order valence-electron chi connectivity index (χ4n) is 6.24. The molecule has 7 nitrogen and oxygen atoms in total. The van der Waals surface area contributed by atoms with Crippen LogP contribution in [0.5, 0.6) is 0 Å². The Bertz CT molecular complexity index is 1610. The van der Waals surface area contributed by atoms with Crippen molar-refractivity contribution < 1.29 is 29.3 Å². The van der Waals surface area contributed by atoms with Crippen LogP contribution in [-0.2, 0) is 11.3 Å². The maximum absolute atomic E-state index is 14.8. The summed E-state index contributed by atoms with van der Waals surface area (Å²) in [7, 11) is 1.91. The highest BCUT2D eigenvalue weighted by atomic mass is 19.1. The molecule has 4 aromatic rings. The molecule has 3 N–H and O–H groups in total. The van der Waals surface area contributed by atoms with Crippen molar-refractivity contribution in [3.8, 4) is 22.4 Å². The minimum Gasteiger partial charge on any atom is -0.481 e. The van der Waals surface area contributed by atoms with Gasteiger partial charge >= 0.3 is 11.9 Å². The molecule has 0 saturated carbocycles. The number of amides is 1. The zero-order chi connectivity index (χ0) is 30.2. The zero-order valence-electron chi connectivity index (χ0n) is 24.0. The molecule has 42 heavy (non-hydrogen) atoms. The van der Waals surface area contributed by atoms with E-state index in [1.54, 1.807) is 12.1 Å². The first-order valence-electron chi connectivity index (χ1n) is 14.2. The molecule has 1 aliphatic heterocycles. The number of nitrogens with zero attached hydrogens (tertiary/aromatic N) is 2. The number of carboxylic acid groups (broad SMARTS) is 1. The molecule has 0 radical (unpaired) electrons. The van der Waals surface area contributed by atoms with Gasteiger partial charge in [0.25, 0.3) is 0 Å². The van der Waals surface area contributed by atoms with E-state index in [-0.39, 0.29) is 35.0 Å². The average Bonchev–Trinajstić information content (AvgIpc) is 3.31. The Morgan fingerprint density at radius 3 is 2.19 bits per heavy atom. The number of aliphatic carboxylic acids is 1. The number of carbonyl (C=O) groups excluding carboxylic acids is 1. The Kier molecular flexibility index (Phi) is 8.14. The number of aliphatic hydroxyl groups excluding tert-OH is 2. The highest BCUT2D eigenvalue weighted by Crippen LogP contribution is 2.53. The van der Waals surface area contributed by atoms with Gasteiger partial charge in [0.05, 0.1) is 31.4 Å². The Hall–Kier alpha value is -4.11. The van der Waals surface area contributed by atoms with Crippen molar-refractivity contribution in [3.05, 3.63) is 95.9 Å². The summed E-state index contributed by atoms with van der Waals surface area (Å²) < 4.78 is 16.1. The summed E-state index contributed by atoms with van der Waals surface area (Å²) in [6.07, 6.45) is -2.45. The first kappa shape index (κ1) is 29.4. The van der Waals surface area contributed by atoms with Gasteiger partial charge in [0.2, 0.25) is 0 Å². The van der Waals surface area contributed by atoms with Gasteiger partial charge in [-0.05, 0) is 54.7 Å². The van der Waals surface area contributed by atoms with E-state index in [4.69, 9.17) is 5.11 Å². The Morgan fingerprint density at radius 1 is 0.905 bits per heavy atom. The largest absolute Gasteiger partial charge is 0.481 e. The molecule has 218 valence electrons. The smallest absolute Gasteiger partial charge is 0.358 e. The number of quaternary nitrogens is 1. The molecule has 0 bridgehead atoms. The Balaban J connectivity index is 1.73. The molecule has 3 atom stereocenters. The van der Waals surface area contributed by atoms with Crippen molar-refractivity contribution in [2.75, 3.05) is 7.05 Å². The number of fused-ring (bicyclic) bond motifs is 3. The van der Waals surface area contributed by atoms with Gasteiger partial charge in [-0.3, -0.25) is 4.79 Å². The van der Waals surface area contributed by atoms with Crippen molar-refractivity contribution in [1.29, 1.82) is 0 Å². The van der Waals surface area contributed by atoms with Crippen molar-refractivity contribution in [1.82, 2.24) is 9.05 Å². The zero-order valence-corrected chi connectivity index (χ0v) is 24.0. The van der Waals surface area contributed by atoms with Crippen molar-refractivity contribution >= 4 is 23.3 Å². The standard InChI is InChI=1S/C34H35FN2O5/c1-21(2)32-31-30(27-11-7-8-12-28(27)37(3,34(31)42)24-9-5-4-6-10-24)33(22-13-15-23(35)16-14-22)36(32)18-17-25(38)19-26(39)20-29(40)41/h4-16,21,25-26,38-39H,17-20H2,1-3H3/p+1/t25-,26-,37?/m1/s1. The third-order valence-electron chi connectivity index (χ3n) is 8.16. The first-order chi connectivity index (χ1) is 20.0. The predicted octanol–water partition coefficient (Wildman–Crippen LogP) is 6.48. The van der Waals surface area contributed by atoms with Gasteiger partial charge in [0.1, 0.15) is 17.1 Å². The van der Waals surface area contributed by atoms with Crippen LogP contribution in [0.15, 0.2) is 78.9 Å². The predicted molar refractivity (Wildman–Crippen MR) is 161 cm³/mol. The fraction of sp³-hybridized carbons (Fsp3) is 0.294. The van der Waals surface area contributed by atoms with E-state index >= 15 is 0 Å². The van der Waals surface area contributed by atoms with E-state index in [9.17, 15) is 24.2 Å². The lowest BCUT2D eigenvalue weighted by Gasteiger charge is -2.36. The van der Waals surface area contributed by atoms with E-state index in [2.05, 4.69) is 0 Å². The molecule has 0 saturated heterocycles. The monoisotopic (exact) mass is 571 g/mol. The number of carbonyl (C=O) groups is 2. The number of halogens is 1. The third kappa shape index (κ3) is 5.17. The number of benzene rings is 3. The summed E-state index contributed by atoms with van der Waals surface area (Å²) in [6, 6.07) is 23.7. The lowest BCUT2D eigenvalue weighted by molar-refractivity contribution is -0.139. The fourth-order valence-corrected chi connectivity index (χ4v) is 6.24. The quantitative estimate of drug-likeness (QED) is 0.189. The minimum absolute atomic E-state index is 0.0550. The van der Waals surface area contributed by atoms with Crippen molar-refractivity contribution in [2.24, 2.45) is 0 Å². The first-order valence-corrected chi connectivity index (χ1v) is 14.2. The molecule has 0 spiro atoms. The molecule has 2 heterocycles. The van der Waals surface area contributed by atoms with E-state index in [0.717, 1.165) is 39.5 Å². The molecule has 8 heteroatoms. The van der Waals surface area contributed by atoms with Crippen LogP contribution in [0.4, 0.5) is 15.8 Å². The summed E-state index contributed by atoms with van der Waals surface area (Å²) >= 11 is 0. The van der Waals surface area contributed by atoms with Crippen LogP contribution in [0.3, 0.4) is 0 Å². The average molecular weight is 572 g/mol. The molecule has 1 amide bonds. The molecule has 1 unspecified atom stereocenters. The second-order valence-corrected chi connectivity index (χ2v) is 11.4. The van der Waals surface area contributed by atoms with Gasteiger partial charge in [-0.25, -0.2) is 9.18 Å². The van der Waals surface area contributed by atoms with Crippen molar-refractivity contribution in [3.63, 3.8) is 0 Å². The van der Waals surface area contributed by atoms with Crippen LogP contribution in [-0.4, -0.2) is 51.0 Å². The van der Waals surface area contributed by atoms with Gasteiger partial charge in [0.15, 0.2) is 5.69 Å². The van der Waals surface area contributed by atoms with E-state index in [1.165, 1.54) is 12.1 Å². The number of hydrogen-bond acceptors (Lipinski definition) is 4. The second-order valence-electron chi connectivity index (χ2n) is 11.4. The summed E-state index contributed by atoms with van der Waals surface area (Å²) in [6.45, 7) is 4.35. The number of carboxylic acids is 1. The van der Waals surface area contributed by atoms with E-state index in [1.807, 2.05) is 80.1 Å². The van der Waals surface area contributed by atoms with Gasteiger partial charge in [0, 0.05) is 41.6 Å². The van der Waals surface area contributed by atoms with Crippen LogP contribution in [0.1, 0.15) is 55.1 Å². The highest BCUT2D eigenvalue weighted by molar-refractivity contribution is 6.19. The number of hydrogen-bond donors (Lipinski definition) is 3. The Labute approximate surface area is 244 Å². The van der Waals surface area contributed by atoms with E-state index < -0.39 is 24.6 Å². The maximum atomic E-state index is 14.8. The third-order valence-corrected chi connectivity index (χ3v) is 8.16. The maximum Gasteiger partial charge on any atom is 0.358 e. The molecule has 1 aromatic heterocycles. The van der Waals surface area contributed by atoms with Gasteiger partial charge < -0.3 is 19.9 Å². The highest BCUT2D eigenvalue weighted by Gasteiger charge is 2.49. The van der Waals surface area contributed by atoms with Crippen LogP contribution in [0, 0.1) is 5.82 Å². The number of aliphatic hydroxyl groups is 2. The summed E-state index contributed by atoms with van der Waals surface area (Å²) in [5.41, 5.74) is 6.22. The second kappa shape index (κ2) is 11.6. The molecule has 3 aromatic carbocycles. The molecule has 5 rings (SSSR count). The lowest BCUT2D eigenvalue weighted by Crippen LogP contribution is -2.48. The van der Waals surface area contributed by atoms with Gasteiger partial charge in [-0.1, -0.05) is 44.2 Å². The summed E-state index contributed by atoms with van der Waals surface area (Å²) in [4.78, 5) is 25.8. The molecular weight excluding hydrogens is 535 g/mol.